The Morgan fingerprint density at radius 3 is 2.63 bits per heavy atom. The number of hydrogen-bond acceptors (Lipinski definition) is 6. The van der Waals surface area contributed by atoms with Gasteiger partial charge < -0.3 is 19.4 Å². The fourth-order valence-corrected chi connectivity index (χ4v) is 6.08. The first-order chi connectivity index (χ1) is 21.0. The number of aromatic nitrogens is 3. The average Bonchev–Trinajstić information content (AvgIpc) is 3.78. The van der Waals surface area contributed by atoms with E-state index < -0.39 is 0 Å². The number of pyridine rings is 1. The van der Waals surface area contributed by atoms with Gasteiger partial charge in [-0.25, -0.2) is 14.4 Å². The van der Waals surface area contributed by atoms with Crippen LogP contribution in [0, 0.1) is 11.7 Å². The first-order valence-corrected chi connectivity index (χ1v) is 15.5. The lowest BCUT2D eigenvalue weighted by molar-refractivity contribution is -0.117. The average molecular weight is 604 g/mol. The third-order valence-corrected chi connectivity index (χ3v) is 8.96. The van der Waals surface area contributed by atoms with Gasteiger partial charge in [0, 0.05) is 46.5 Å². The zero-order valence-electron chi connectivity index (χ0n) is 24.0. The molecule has 1 amide bonds. The summed E-state index contributed by atoms with van der Waals surface area (Å²) in [7, 11) is 0. The highest BCUT2D eigenvalue weighted by Crippen LogP contribution is 2.32. The smallest absolute Gasteiger partial charge is 0.227 e. The summed E-state index contributed by atoms with van der Waals surface area (Å²) in [5, 5.41) is 3.42. The third kappa shape index (κ3) is 6.54. The molecule has 10 heteroatoms. The van der Waals surface area contributed by atoms with Gasteiger partial charge in [-0.05, 0) is 81.6 Å². The molecular weight excluding hydrogens is 569 g/mol. The Hall–Kier alpha value is -3.53. The molecule has 1 unspecified atom stereocenters. The maximum absolute atomic E-state index is 14.2. The number of piperidine rings is 1. The van der Waals surface area contributed by atoms with E-state index >= 15 is 0 Å². The molecule has 224 valence electrons. The third-order valence-electron chi connectivity index (χ3n) is 8.73. The molecule has 8 nitrogen and oxygen atoms in total. The highest BCUT2D eigenvalue weighted by atomic mass is 35.5. The lowest BCUT2D eigenvalue weighted by Crippen LogP contribution is -2.35. The number of fused-ring (bicyclic) bond motifs is 1. The molecule has 2 aromatic heterocycles. The summed E-state index contributed by atoms with van der Waals surface area (Å²) in [4.78, 5) is 24.6. The van der Waals surface area contributed by atoms with E-state index in [1.165, 1.54) is 6.07 Å². The Morgan fingerprint density at radius 2 is 1.88 bits per heavy atom. The van der Waals surface area contributed by atoms with Gasteiger partial charge >= 0.3 is 0 Å². The first-order valence-electron chi connectivity index (χ1n) is 15.2. The van der Waals surface area contributed by atoms with Crippen LogP contribution in [0.3, 0.4) is 0 Å². The Labute approximate surface area is 255 Å². The Balaban J connectivity index is 1.00. The summed E-state index contributed by atoms with van der Waals surface area (Å²) in [6.07, 6.45) is 5.19. The van der Waals surface area contributed by atoms with Gasteiger partial charge in [0.15, 0.2) is 0 Å². The van der Waals surface area contributed by atoms with Crippen molar-refractivity contribution in [2.75, 3.05) is 25.0 Å². The molecule has 2 aliphatic heterocycles. The van der Waals surface area contributed by atoms with Crippen molar-refractivity contribution in [3.8, 4) is 5.88 Å². The summed E-state index contributed by atoms with van der Waals surface area (Å²) in [6, 6.07) is 16.4. The van der Waals surface area contributed by atoms with Crippen LogP contribution in [0.15, 0.2) is 54.6 Å². The maximum Gasteiger partial charge on any atom is 0.227 e. The predicted octanol–water partition coefficient (Wildman–Crippen LogP) is 6.32. The molecule has 2 saturated heterocycles. The molecule has 0 spiro atoms. The number of rotatable bonds is 10. The first kappa shape index (κ1) is 28.3. The van der Waals surface area contributed by atoms with Crippen LogP contribution in [0.4, 0.5) is 10.1 Å². The summed E-state index contributed by atoms with van der Waals surface area (Å²) in [5.74, 6) is 1.72. The van der Waals surface area contributed by atoms with Crippen molar-refractivity contribution >= 4 is 34.2 Å². The minimum Gasteiger partial charge on any atom is -0.473 e. The summed E-state index contributed by atoms with van der Waals surface area (Å²) >= 11 is 5.86. The van der Waals surface area contributed by atoms with Crippen LogP contribution in [0.2, 0.25) is 5.02 Å². The second-order valence-corrected chi connectivity index (χ2v) is 12.3. The van der Waals surface area contributed by atoms with Gasteiger partial charge in [0.1, 0.15) is 18.2 Å². The molecular formula is C33H35ClFN5O3. The van der Waals surface area contributed by atoms with Gasteiger partial charge in [-0.3, -0.25) is 9.69 Å². The number of halogens is 2. The molecule has 3 fully saturated rings. The number of benzene rings is 2. The number of likely N-dealkylation sites (tertiary alicyclic amines) is 1. The van der Waals surface area contributed by atoms with Gasteiger partial charge in [-0.1, -0.05) is 23.7 Å². The Kier molecular flexibility index (Phi) is 8.03. The van der Waals surface area contributed by atoms with E-state index in [0.717, 1.165) is 93.1 Å². The van der Waals surface area contributed by atoms with Crippen molar-refractivity contribution in [3.63, 3.8) is 0 Å². The van der Waals surface area contributed by atoms with E-state index in [0.29, 0.717) is 22.4 Å². The van der Waals surface area contributed by atoms with E-state index in [1.807, 2.05) is 30.3 Å². The second-order valence-electron chi connectivity index (χ2n) is 11.9. The summed E-state index contributed by atoms with van der Waals surface area (Å²) < 4.78 is 28.1. The molecule has 7 rings (SSSR count). The number of carbonyl (C=O) groups is 1. The number of imidazole rings is 1. The van der Waals surface area contributed by atoms with E-state index in [-0.39, 0.29) is 30.4 Å². The Morgan fingerprint density at radius 1 is 1.05 bits per heavy atom. The van der Waals surface area contributed by atoms with E-state index in [4.69, 9.17) is 31.0 Å². The number of nitrogens with zero attached hydrogens (tertiary/aromatic N) is 4. The standard InChI is InChI=1S/C33H35ClFN5O3/c34-24-7-6-23(27(35)16-24)20-43-32-3-1-2-28(38-32)21-10-13-39(14-11-21)19-31-37-29-17-25(36-33(41)22-4-5-22)8-9-30(29)40(31)18-26-12-15-42-26/h1-3,6-9,16-17,21-22,26H,4-5,10-15,18-20H2,(H,36,41). The van der Waals surface area contributed by atoms with Crippen molar-refractivity contribution < 1.29 is 18.7 Å². The highest BCUT2D eigenvalue weighted by molar-refractivity contribution is 6.30. The van der Waals surface area contributed by atoms with Gasteiger partial charge in [-0.15, -0.1) is 0 Å². The minimum absolute atomic E-state index is 0.0964. The molecule has 0 radical (unpaired) electrons. The van der Waals surface area contributed by atoms with Gasteiger partial charge in [-0.2, -0.15) is 0 Å². The molecule has 1 saturated carbocycles. The van der Waals surface area contributed by atoms with Gasteiger partial charge in [0.2, 0.25) is 11.8 Å². The van der Waals surface area contributed by atoms with Crippen molar-refractivity contribution in [3.05, 3.63) is 82.5 Å². The van der Waals surface area contributed by atoms with Crippen molar-refractivity contribution in [1.82, 2.24) is 19.4 Å². The fourth-order valence-electron chi connectivity index (χ4n) is 5.92. The van der Waals surface area contributed by atoms with Crippen LogP contribution < -0.4 is 10.1 Å². The van der Waals surface area contributed by atoms with E-state index in [1.54, 1.807) is 12.1 Å². The lowest BCUT2D eigenvalue weighted by Gasteiger charge is -2.32. The molecule has 4 heterocycles. The number of amides is 1. The minimum atomic E-state index is -0.384. The van der Waals surface area contributed by atoms with Crippen LogP contribution in [0.1, 0.15) is 55.1 Å². The zero-order valence-corrected chi connectivity index (χ0v) is 24.7. The molecule has 2 aromatic carbocycles. The quantitative estimate of drug-likeness (QED) is 0.228. The molecule has 1 aliphatic carbocycles. The predicted molar refractivity (Wildman–Crippen MR) is 163 cm³/mol. The van der Waals surface area contributed by atoms with Crippen LogP contribution >= 0.6 is 11.6 Å². The second kappa shape index (κ2) is 12.2. The van der Waals surface area contributed by atoms with Crippen LogP contribution in [0.5, 0.6) is 5.88 Å². The van der Waals surface area contributed by atoms with Crippen LogP contribution in [-0.2, 0) is 29.2 Å². The molecule has 0 bridgehead atoms. The SMILES string of the molecule is O=C(Nc1ccc2c(c1)nc(CN1CCC(c3cccc(OCc4ccc(Cl)cc4F)n3)CC1)n2CC1CCO1)C1CC1. The number of hydrogen-bond donors (Lipinski definition) is 1. The summed E-state index contributed by atoms with van der Waals surface area (Å²) in [6.45, 7) is 4.31. The van der Waals surface area contributed by atoms with E-state index in [2.05, 4.69) is 20.9 Å². The van der Waals surface area contributed by atoms with Crippen molar-refractivity contribution in [2.24, 2.45) is 5.92 Å². The fraction of sp³-hybridized carbons (Fsp3) is 0.424. The largest absolute Gasteiger partial charge is 0.473 e. The summed E-state index contributed by atoms with van der Waals surface area (Å²) in [5.41, 5.74) is 4.22. The Bertz CT molecular complexity index is 1630. The van der Waals surface area contributed by atoms with E-state index in [9.17, 15) is 9.18 Å². The number of anilines is 1. The normalized spacial score (nSPS) is 19.3. The number of carbonyl (C=O) groups excluding carboxylic acids is 1. The molecule has 1 N–H and O–H groups in total. The van der Waals surface area contributed by atoms with Crippen LogP contribution in [0.25, 0.3) is 11.0 Å². The molecule has 4 aromatic rings. The highest BCUT2D eigenvalue weighted by Gasteiger charge is 2.30. The molecule has 1 atom stereocenters. The zero-order chi connectivity index (χ0) is 29.3. The van der Waals surface area contributed by atoms with Gasteiger partial charge in [0.05, 0.1) is 30.2 Å². The lowest BCUT2D eigenvalue weighted by atomic mass is 9.93. The number of ether oxygens (including phenoxy) is 2. The van der Waals surface area contributed by atoms with Gasteiger partial charge in [0.25, 0.3) is 0 Å². The molecule has 43 heavy (non-hydrogen) atoms. The van der Waals surface area contributed by atoms with Crippen LogP contribution in [-0.4, -0.2) is 51.1 Å². The molecule has 3 aliphatic rings. The monoisotopic (exact) mass is 603 g/mol. The van der Waals surface area contributed by atoms with Crippen molar-refractivity contribution in [2.45, 2.75) is 63.8 Å². The maximum atomic E-state index is 14.2. The topological polar surface area (TPSA) is 81.5 Å². The number of nitrogens with one attached hydrogen (secondary N) is 1. The van der Waals surface area contributed by atoms with Crippen molar-refractivity contribution in [1.29, 1.82) is 0 Å².